The number of rotatable bonds is 5. The Morgan fingerprint density at radius 1 is 1.38 bits per heavy atom. The Morgan fingerprint density at radius 3 is 2.76 bits per heavy atom. The summed E-state index contributed by atoms with van der Waals surface area (Å²) in [6.07, 6.45) is 0. The first-order valence-electron chi connectivity index (χ1n) is 6.99. The number of thiazole rings is 1. The zero-order chi connectivity index (χ0) is 15.4. The predicted octanol–water partition coefficient (Wildman–Crippen LogP) is 3.57. The van der Waals surface area contributed by atoms with Gasteiger partial charge in [0, 0.05) is 30.1 Å². The molecule has 1 heterocycles. The van der Waals surface area contributed by atoms with Crippen LogP contribution >= 0.6 is 11.3 Å². The molecule has 0 saturated heterocycles. The van der Waals surface area contributed by atoms with Gasteiger partial charge in [0.2, 0.25) is 5.91 Å². The summed E-state index contributed by atoms with van der Waals surface area (Å²) >= 11 is 1.73. The van der Waals surface area contributed by atoms with Crippen molar-refractivity contribution in [2.75, 3.05) is 5.32 Å². The fourth-order valence-electron chi connectivity index (χ4n) is 2.06. The van der Waals surface area contributed by atoms with Gasteiger partial charge in [0.15, 0.2) is 0 Å². The minimum Gasteiger partial charge on any atom is -0.326 e. The number of nitrogens with zero attached hydrogens (tertiary/aromatic N) is 1. The molecule has 5 heteroatoms. The van der Waals surface area contributed by atoms with Gasteiger partial charge in [-0.1, -0.05) is 12.1 Å². The SMILES string of the molecule is CC(=O)Nc1cccc(C(C)NCc2nc(C)c(C)s2)c1. The van der Waals surface area contributed by atoms with E-state index in [-0.39, 0.29) is 11.9 Å². The highest BCUT2D eigenvalue weighted by Gasteiger charge is 2.08. The van der Waals surface area contributed by atoms with Crippen LogP contribution in [0.2, 0.25) is 0 Å². The van der Waals surface area contributed by atoms with Gasteiger partial charge in [-0.15, -0.1) is 11.3 Å². The lowest BCUT2D eigenvalue weighted by molar-refractivity contribution is -0.114. The Hall–Kier alpha value is -1.72. The van der Waals surface area contributed by atoms with Gasteiger partial charge in [-0.05, 0) is 38.5 Å². The first-order chi connectivity index (χ1) is 9.95. The van der Waals surface area contributed by atoms with E-state index < -0.39 is 0 Å². The van der Waals surface area contributed by atoms with Crippen LogP contribution in [0.25, 0.3) is 0 Å². The molecule has 0 fully saturated rings. The number of hydrogen-bond donors (Lipinski definition) is 2. The van der Waals surface area contributed by atoms with Crippen molar-refractivity contribution in [3.63, 3.8) is 0 Å². The van der Waals surface area contributed by atoms with Crippen molar-refractivity contribution in [2.24, 2.45) is 0 Å². The van der Waals surface area contributed by atoms with E-state index in [1.54, 1.807) is 11.3 Å². The number of carbonyl (C=O) groups excluding carboxylic acids is 1. The third-order valence-corrected chi connectivity index (χ3v) is 4.41. The fourth-order valence-corrected chi connectivity index (χ4v) is 2.95. The van der Waals surface area contributed by atoms with E-state index in [0.717, 1.165) is 28.5 Å². The minimum absolute atomic E-state index is 0.0542. The molecule has 2 rings (SSSR count). The lowest BCUT2D eigenvalue weighted by atomic mass is 10.1. The number of aryl methyl sites for hydroxylation is 2. The van der Waals surface area contributed by atoms with Crippen LogP contribution in [0.4, 0.5) is 5.69 Å². The van der Waals surface area contributed by atoms with E-state index >= 15 is 0 Å². The molecule has 0 radical (unpaired) electrons. The molecule has 1 aromatic carbocycles. The highest BCUT2D eigenvalue weighted by Crippen LogP contribution is 2.20. The molecule has 2 aromatic rings. The molecule has 0 aliphatic rings. The van der Waals surface area contributed by atoms with E-state index in [1.165, 1.54) is 11.8 Å². The van der Waals surface area contributed by atoms with Crippen molar-refractivity contribution in [3.8, 4) is 0 Å². The molecule has 0 bridgehead atoms. The Bertz CT molecular complexity index is 617. The molecular formula is C16H21N3OS. The van der Waals surface area contributed by atoms with Gasteiger partial charge >= 0.3 is 0 Å². The molecule has 4 nitrogen and oxygen atoms in total. The molecule has 0 spiro atoms. The van der Waals surface area contributed by atoms with E-state index in [4.69, 9.17) is 0 Å². The summed E-state index contributed by atoms with van der Waals surface area (Å²) in [6.45, 7) is 8.51. The van der Waals surface area contributed by atoms with Crippen molar-refractivity contribution in [3.05, 3.63) is 45.4 Å². The van der Waals surface area contributed by atoms with Gasteiger partial charge < -0.3 is 10.6 Å². The average molecular weight is 303 g/mol. The highest BCUT2D eigenvalue weighted by atomic mass is 32.1. The maximum atomic E-state index is 11.1. The molecule has 1 atom stereocenters. The van der Waals surface area contributed by atoms with E-state index in [9.17, 15) is 4.79 Å². The van der Waals surface area contributed by atoms with Crippen LogP contribution in [0.5, 0.6) is 0 Å². The van der Waals surface area contributed by atoms with Gasteiger partial charge in [0.25, 0.3) is 0 Å². The van der Waals surface area contributed by atoms with Crippen LogP contribution in [0, 0.1) is 13.8 Å². The Morgan fingerprint density at radius 2 is 2.14 bits per heavy atom. The van der Waals surface area contributed by atoms with E-state index in [2.05, 4.69) is 35.5 Å². The van der Waals surface area contributed by atoms with E-state index in [0.29, 0.717) is 0 Å². The second-order valence-electron chi connectivity index (χ2n) is 5.16. The molecule has 0 aliphatic heterocycles. The first-order valence-corrected chi connectivity index (χ1v) is 7.81. The number of carbonyl (C=O) groups is 1. The summed E-state index contributed by atoms with van der Waals surface area (Å²) in [5, 5.41) is 7.39. The second kappa shape index (κ2) is 6.83. The molecule has 1 aromatic heterocycles. The Labute approximate surface area is 129 Å². The summed E-state index contributed by atoms with van der Waals surface area (Å²) in [5.41, 5.74) is 3.08. The summed E-state index contributed by atoms with van der Waals surface area (Å²) in [4.78, 5) is 16.9. The molecule has 1 amide bonds. The minimum atomic E-state index is -0.0542. The number of amides is 1. The highest BCUT2D eigenvalue weighted by molar-refractivity contribution is 7.11. The second-order valence-corrected chi connectivity index (χ2v) is 6.45. The van der Waals surface area contributed by atoms with Gasteiger partial charge in [0.1, 0.15) is 5.01 Å². The van der Waals surface area contributed by atoms with Crippen molar-refractivity contribution in [1.29, 1.82) is 0 Å². The largest absolute Gasteiger partial charge is 0.326 e. The summed E-state index contributed by atoms with van der Waals surface area (Å²) < 4.78 is 0. The predicted molar refractivity (Wildman–Crippen MR) is 87.6 cm³/mol. The summed E-state index contributed by atoms with van der Waals surface area (Å²) in [6, 6.07) is 8.10. The Balaban J connectivity index is 1.99. The zero-order valence-electron chi connectivity index (χ0n) is 12.9. The van der Waals surface area contributed by atoms with Crippen LogP contribution in [0.1, 0.15) is 41.0 Å². The number of nitrogens with one attached hydrogen (secondary N) is 2. The van der Waals surface area contributed by atoms with Gasteiger partial charge in [-0.2, -0.15) is 0 Å². The molecular weight excluding hydrogens is 282 g/mol. The van der Waals surface area contributed by atoms with Crippen LogP contribution in [0.3, 0.4) is 0 Å². The van der Waals surface area contributed by atoms with Crippen LogP contribution in [-0.2, 0) is 11.3 Å². The average Bonchev–Trinajstić information content (AvgIpc) is 2.75. The number of hydrogen-bond acceptors (Lipinski definition) is 4. The Kier molecular flexibility index (Phi) is 5.09. The summed E-state index contributed by atoms with van der Waals surface area (Å²) in [5.74, 6) is -0.0542. The van der Waals surface area contributed by atoms with Crippen LogP contribution in [0.15, 0.2) is 24.3 Å². The third-order valence-electron chi connectivity index (χ3n) is 3.34. The molecule has 112 valence electrons. The molecule has 1 unspecified atom stereocenters. The van der Waals surface area contributed by atoms with E-state index in [1.807, 2.05) is 25.1 Å². The van der Waals surface area contributed by atoms with Gasteiger partial charge in [0.05, 0.1) is 5.69 Å². The number of benzene rings is 1. The maximum Gasteiger partial charge on any atom is 0.221 e. The van der Waals surface area contributed by atoms with Crippen molar-refractivity contribution < 1.29 is 4.79 Å². The molecule has 0 aliphatic carbocycles. The quantitative estimate of drug-likeness (QED) is 0.888. The number of aromatic nitrogens is 1. The standard InChI is InChI=1S/C16H21N3OS/c1-10-12(3)21-16(18-10)9-17-11(2)14-6-5-7-15(8-14)19-13(4)20/h5-8,11,17H,9H2,1-4H3,(H,19,20). The third kappa shape index (κ3) is 4.37. The normalized spacial score (nSPS) is 12.2. The molecule has 0 saturated carbocycles. The lowest BCUT2D eigenvalue weighted by Crippen LogP contribution is -2.18. The van der Waals surface area contributed by atoms with Crippen molar-refractivity contribution in [1.82, 2.24) is 10.3 Å². The summed E-state index contributed by atoms with van der Waals surface area (Å²) in [7, 11) is 0. The first kappa shape index (κ1) is 15.7. The van der Waals surface area contributed by atoms with Crippen molar-refractivity contribution >= 4 is 22.9 Å². The topological polar surface area (TPSA) is 54.0 Å². The lowest BCUT2D eigenvalue weighted by Gasteiger charge is -2.14. The van der Waals surface area contributed by atoms with Gasteiger partial charge in [-0.25, -0.2) is 4.98 Å². The monoisotopic (exact) mass is 303 g/mol. The van der Waals surface area contributed by atoms with Crippen LogP contribution < -0.4 is 10.6 Å². The number of anilines is 1. The fraction of sp³-hybridized carbons (Fsp3) is 0.375. The molecule has 21 heavy (non-hydrogen) atoms. The smallest absolute Gasteiger partial charge is 0.221 e. The van der Waals surface area contributed by atoms with Crippen molar-refractivity contribution in [2.45, 2.75) is 40.3 Å². The van der Waals surface area contributed by atoms with Crippen LogP contribution in [-0.4, -0.2) is 10.9 Å². The molecule has 2 N–H and O–H groups in total. The zero-order valence-corrected chi connectivity index (χ0v) is 13.7. The maximum absolute atomic E-state index is 11.1. The van der Waals surface area contributed by atoms with Gasteiger partial charge in [-0.3, -0.25) is 4.79 Å².